The van der Waals surface area contributed by atoms with Crippen molar-refractivity contribution in [1.82, 2.24) is 9.13 Å². The minimum Gasteiger partial charge on any atom is -0.394 e. The third kappa shape index (κ3) is 3.21. The Balaban J connectivity index is 2.12. The van der Waals surface area contributed by atoms with Crippen LogP contribution in [-0.4, -0.2) is 89.6 Å². The first-order chi connectivity index (χ1) is 13.3. The van der Waals surface area contributed by atoms with E-state index in [1.54, 1.807) is 6.92 Å². The zero-order valence-electron chi connectivity index (χ0n) is 15.0. The lowest BCUT2D eigenvalue weighted by Crippen LogP contribution is -2.48. The molecule has 0 aromatic carbocycles. The number of ether oxygens (including phenoxy) is 2. The van der Waals surface area contributed by atoms with Crippen LogP contribution in [0.3, 0.4) is 0 Å². The molecule has 3 rings (SSSR count). The molecule has 158 valence electrons. The van der Waals surface area contributed by atoms with Gasteiger partial charge in [0, 0.05) is 11.8 Å². The molecule has 8 atom stereocenters. The predicted octanol–water partition coefficient (Wildman–Crippen LogP) is -4.20. The maximum absolute atomic E-state index is 13.1. The molecule has 2 aliphatic rings. The molecule has 0 unspecified atom stereocenters. The molecule has 2 saturated heterocycles. The van der Waals surface area contributed by atoms with Crippen LogP contribution in [0, 0.1) is 0 Å². The summed E-state index contributed by atoms with van der Waals surface area (Å²) < 4.78 is 12.2. The molecule has 0 spiro atoms. The molecule has 3 heterocycles. The Bertz CT molecular complexity index is 823. The summed E-state index contributed by atoms with van der Waals surface area (Å²) in [5, 5.41) is 58.8. The minimum atomic E-state index is -1.66. The van der Waals surface area contributed by atoms with Crippen molar-refractivity contribution in [3.8, 4) is 0 Å². The fourth-order valence-corrected chi connectivity index (χ4v) is 3.58. The van der Waals surface area contributed by atoms with Gasteiger partial charge in [0.15, 0.2) is 12.5 Å². The SMILES string of the molecule is CCc1cc(=O)n([C@H]2O[C@H](CO)[C@@H](O)[C@@H]2O)c(=O)n1[C@H]1O[C@H](CO)[C@@H](O)[C@@H]1O. The summed E-state index contributed by atoms with van der Waals surface area (Å²) in [7, 11) is 0. The lowest BCUT2D eigenvalue weighted by atomic mass is 10.1. The molecule has 12 nitrogen and oxygen atoms in total. The highest BCUT2D eigenvalue weighted by Gasteiger charge is 2.47. The first-order valence-corrected chi connectivity index (χ1v) is 8.88. The van der Waals surface area contributed by atoms with Crippen molar-refractivity contribution in [3.63, 3.8) is 0 Å². The summed E-state index contributed by atoms with van der Waals surface area (Å²) in [6.07, 6.45) is -11.3. The van der Waals surface area contributed by atoms with E-state index in [9.17, 15) is 40.2 Å². The monoisotopic (exact) mass is 404 g/mol. The number of aliphatic hydroxyl groups excluding tert-OH is 6. The smallest absolute Gasteiger partial charge is 0.335 e. The first kappa shape index (κ1) is 21.1. The topological polar surface area (TPSA) is 184 Å². The zero-order valence-corrected chi connectivity index (χ0v) is 15.0. The van der Waals surface area contributed by atoms with E-state index >= 15 is 0 Å². The Labute approximate surface area is 158 Å². The standard InChI is InChI=1S/C16H24N2O10/c1-2-6-3-9(21)18(15-13(25)11(23)8(5-20)28-15)16(26)17(6)14-12(24)10(22)7(4-19)27-14/h3,7-8,10-15,19-20,22-25H,2,4-5H2,1H3/t7-,8-,10-,11-,12+,13+,14+,15+/m1/s1. The van der Waals surface area contributed by atoms with E-state index in [-0.39, 0.29) is 12.1 Å². The number of rotatable bonds is 5. The maximum atomic E-state index is 13.1. The van der Waals surface area contributed by atoms with Crippen LogP contribution in [0.2, 0.25) is 0 Å². The number of hydrogen-bond acceptors (Lipinski definition) is 10. The van der Waals surface area contributed by atoms with Crippen LogP contribution in [0.5, 0.6) is 0 Å². The Morgan fingerprint density at radius 3 is 1.71 bits per heavy atom. The average Bonchev–Trinajstić information content (AvgIpc) is 3.12. The van der Waals surface area contributed by atoms with Crippen molar-refractivity contribution < 1.29 is 40.1 Å². The Morgan fingerprint density at radius 2 is 1.32 bits per heavy atom. The van der Waals surface area contributed by atoms with Crippen molar-refractivity contribution in [2.75, 3.05) is 13.2 Å². The summed E-state index contributed by atoms with van der Waals surface area (Å²) >= 11 is 0. The first-order valence-electron chi connectivity index (χ1n) is 8.88. The number of hydrogen-bond donors (Lipinski definition) is 6. The second kappa shape index (κ2) is 8.00. The number of aromatic nitrogens is 2. The third-order valence-electron chi connectivity index (χ3n) is 5.15. The Hall–Kier alpha value is -1.64. The minimum absolute atomic E-state index is 0.188. The lowest BCUT2D eigenvalue weighted by molar-refractivity contribution is -0.0693. The highest BCUT2D eigenvalue weighted by atomic mass is 16.6. The second-order valence-corrected chi connectivity index (χ2v) is 6.81. The summed E-state index contributed by atoms with van der Waals surface area (Å²) in [4.78, 5) is 25.6. The molecule has 2 fully saturated rings. The quantitative estimate of drug-likeness (QED) is 0.281. The molecule has 2 aliphatic heterocycles. The van der Waals surface area contributed by atoms with Crippen LogP contribution >= 0.6 is 0 Å². The van der Waals surface area contributed by atoms with Gasteiger partial charge in [-0.1, -0.05) is 6.92 Å². The second-order valence-electron chi connectivity index (χ2n) is 6.81. The van der Waals surface area contributed by atoms with Crippen LogP contribution in [0.4, 0.5) is 0 Å². The average molecular weight is 404 g/mol. The van der Waals surface area contributed by atoms with E-state index in [0.29, 0.717) is 4.57 Å². The van der Waals surface area contributed by atoms with E-state index in [4.69, 9.17) is 9.47 Å². The number of aryl methyl sites for hydroxylation is 1. The molecular formula is C16H24N2O10. The van der Waals surface area contributed by atoms with Gasteiger partial charge in [0.25, 0.3) is 5.56 Å². The van der Waals surface area contributed by atoms with E-state index in [1.807, 2.05) is 0 Å². The van der Waals surface area contributed by atoms with Crippen LogP contribution < -0.4 is 11.2 Å². The highest BCUT2D eigenvalue weighted by Crippen LogP contribution is 2.30. The Kier molecular flexibility index (Phi) is 6.03. The highest BCUT2D eigenvalue weighted by molar-refractivity contribution is 5.07. The molecule has 28 heavy (non-hydrogen) atoms. The summed E-state index contributed by atoms with van der Waals surface area (Å²) in [6.45, 7) is 0.418. The van der Waals surface area contributed by atoms with Gasteiger partial charge in [-0.05, 0) is 6.42 Å². The van der Waals surface area contributed by atoms with Gasteiger partial charge in [-0.2, -0.15) is 0 Å². The van der Waals surface area contributed by atoms with Gasteiger partial charge in [-0.25, -0.2) is 9.36 Å². The fraction of sp³-hybridized carbons (Fsp3) is 0.750. The van der Waals surface area contributed by atoms with Gasteiger partial charge in [-0.15, -0.1) is 0 Å². The van der Waals surface area contributed by atoms with E-state index in [2.05, 4.69) is 0 Å². The Morgan fingerprint density at radius 1 is 0.857 bits per heavy atom. The maximum Gasteiger partial charge on any atom is 0.335 e. The summed E-state index contributed by atoms with van der Waals surface area (Å²) in [6, 6.07) is 1.09. The van der Waals surface area contributed by atoms with Gasteiger partial charge < -0.3 is 40.1 Å². The van der Waals surface area contributed by atoms with E-state index in [1.165, 1.54) is 0 Å². The molecule has 1 aromatic rings. The van der Waals surface area contributed by atoms with Crippen LogP contribution in [0.1, 0.15) is 25.1 Å². The molecule has 0 saturated carbocycles. The number of aliphatic hydroxyl groups is 6. The molecule has 12 heteroatoms. The van der Waals surface area contributed by atoms with E-state index < -0.39 is 73.5 Å². The van der Waals surface area contributed by atoms with Crippen molar-refractivity contribution >= 4 is 0 Å². The van der Waals surface area contributed by atoms with Crippen LogP contribution in [-0.2, 0) is 15.9 Å². The van der Waals surface area contributed by atoms with Crippen molar-refractivity contribution in [2.24, 2.45) is 0 Å². The van der Waals surface area contributed by atoms with Crippen molar-refractivity contribution in [3.05, 3.63) is 32.6 Å². The van der Waals surface area contributed by atoms with Gasteiger partial charge in [0.05, 0.1) is 13.2 Å². The molecule has 0 amide bonds. The van der Waals surface area contributed by atoms with Crippen LogP contribution in [0.15, 0.2) is 15.7 Å². The fourth-order valence-electron chi connectivity index (χ4n) is 3.58. The van der Waals surface area contributed by atoms with Crippen LogP contribution in [0.25, 0.3) is 0 Å². The van der Waals surface area contributed by atoms with Crippen molar-refractivity contribution in [1.29, 1.82) is 0 Å². The largest absolute Gasteiger partial charge is 0.394 e. The third-order valence-corrected chi connectivity index (χ3v) is 5.15. The molecule has 0 bridgehead atoms. The summed E-state index contributed by atoms with van der Waals surface area (Å²) in [5.41, 5.74) is -1.64. The van der Waals surface area contributed by atoms with Gasteiger partial charge in [-0.3, -0.25) is 9.36 Å². The zero-order chi connectivity index (χ0) is 20.7. The molecule has 0 radical (unpaired) electrons. The normalized spacial score (nSPS) is 38.2. The number of nitrogens with zero attached hydrogens (tertiary/aromatic N) is 2. The van der Waals surface area contributed by atoms with Gasteiger partial charge >= 0.3 is 5.69 Å². The van der Waals surface area contributed by atoms with Gasteiger partial charge in [0.1, 0.15) is 36.6 Å². The molecule has 0 aliphatic carbocycles. The van der Waals surface area contributed by atoms with Gasteiger partial charge in [0.2, 0.25) is 0 Å². The lowest BCUT2D eigenvalue weighted by Gasteiger charge is -2.24. The predicted molar refractivity (Wildman–Crippen MR) is 90.4 cm³/mol. The molecular weight excluding hydrogens is 380 g/mol. The van der Waals surface area contributed by atoms with E-state index in [0.717, 1.165) is 10.6 Å². The molecule has 1 aromatic heterocycles. The van der Waals surface area contributed by atoms with Crippen molar-refractivity contribution in [2.45, 2.75) is 62.4 Å². The molecule has 6 N–H and O–H groups in total. The summed E-state index contributed by atoms with van der Waals surface area (Å²) in [5.74, 6) is 0.